The second-order valence-electron chi connectivity index (χ2n) is 7.96. The summed E-state index contributed by atoms with van der Waals surface area (Å²) < 4.78 is 5.28. The van der Waals surface area contributed by atoms with E-state index in [1.807, 2.05) is 0 Å². The van der Waals surface area contributed by atoms with Crippen molar-refractivity contribution in [1.29, 1.82) is 0 Å². The molecule has 1 aromatic heterocycles. The molecule has 1 aromatic rings. The van der Waals surface area contributed by atoms with Crippen LogP contribution in [0.3, 0.4) is 0 Å². The maximum absolute atomic E-state index is 12.9. The van der Waals surface area contributed by atoms with Crippen LogP contribution in [0.1, 0.15) is 70.0 Å². The molecule has 3 amide bonds. The van der Waals surface area contributed by atoms with Gasteiger partial charge in [-0.15, -0.1) is 0 Å². The highest BCUT2D eigenvalue weighted by Crippen LogP contribution is 2.37. The van der Waals surface area contributed by atoms with Crippen molar-refractivity contribution < 1.29 is 14.1 Å². The van der Waals surface area contributed by atoms with Crippen molar-refractivity contribution in [2.75, 3.05) is 0 Å². The van der Waals surface area contributed by atoms with E-state index in [1.165, 1.54) is 4.90 Å². The zero-order valence-corrected chi connectivity index (χ0v) is 14.6. The SMILES string of the molecule is CC1CCC2(CC1)NC(=O)N(Cc1nc(C3(N)CCCC3)no1)C2=O. The summed E-state index contributed by atoms with van der Waals surface area (Å²) in [5.74, 6) is 1.16. The van der Waals surface area contributed by atoms with E-state index >= 15 is 0 Å². The standard InChI is InChI=1S/C17H25N5O3/c1-11-4-8-17(9-5-11)14(23)22(15(24)20-17)10-12-19-13(21-25-12)16(18)6-2-3-7-16/h11H,2-10,18H2,1H3,(H,20,24). The molecule has 4 rings (SSSR count). The first-order chi connectivity index (χ1) is 11.9. The highest BCUT2D eigenvalue weighted by atomic mass is 16.5. The summed E-state index contributed by atoms with van der Waals surface area (Å²) in [5.41, 5.74) is 5.05. The Bertz CT molecular complexity index is 686. The molecule has 0 atom stereocenters. The molecule has 0 bridgehead atoms. The third-order valence-electron chi connectivity index (χ3n) is 6.08. The number of rotatable bonds is 3. The van der Waals surface area contributed by atoms with Crippen molar-refractivity contribution in [3.8, 4) is 0 Å². The highest BCUT2D eigenvalue weighted by Gasteiger charge is 2.52. The lowest BCUT2D eigenvalue weighted by molar-refractivity contribution is -0.133. The van der Waals surface area contributed by atoms with Gasteiger partial charge in [-0.2, -0.15) is 4.98 Å². The lowest BCUT2D eigenvalue weighted by Gasteiger charge is -2.33. The number of amides is 3. The van der Waals surface area contributed by atoms with E-state index in [0.29, 0.717) is 24.6 Å². The van der Waals surface area contributed by atoms with Gasteiger partial charge in [0.1, 0.15) is 12.1 Å². The number of nitrogens with zero attached hydrogens (tertiary/aromatic N) is 3. The monoisotopic (exact) mass is 347 g/mol. The number of hydrogen-bond donors (Lipinski definition) is 2. The fraction of sp³-hybridized carbons (Fsp3) is 0.765. The van der Waals surface area contributed by atoms with Crippen LogP contribution in [0.15, 0.2) is 4.52 Å². The van der Waals surface area contributed by atoms with Crippen LogP contribution in [0.5, 0.6) is 0 Å². The molecule has 3 fully saturated rings. The molecule has 3 N–H and O–H groups in total. The zero-order valence-electron chi connectivity index (χ0n) is 14.6. The molecule has 1 aliphatic heterocycles. The number of imide groups is 1. The van der Waals surface area contributed by atoms with E-state index in [-0.39, 0.29) is 24.4 Å². The maximum atomic E-state index is 12.9. The summed E-state index contributed by atoms with van der Waals surface area (Å²) >= 11 is 0. The van der Waals surface area contributed by atoms with E-state index in [1.54, 1.807) is 0 Å². The number of aromatic nitrogens is 2. The van der Waals surface area contributed by atoms with Gasteiger partial charge in [-0.05, 0) is 44.4 Å². The van der Waals surface area contributed by atoms with Crippen molar-refractivity contribution in [2.24, 2.45) is 11.7 Å². The third-order valence-corrected chi connectivity index (χ3v) is 6.08. The van der Waals surface area contributed by atoms with Crippen LogP contribution in [0.2, 0.25) is 0 Å². The van der Waals surface area contributed by atoms with E-state index < -0.39 is 11.1 Å². The third kappa shape index (κ3) is 2.72. The molecule has 1 saturated heterocycles. The second-order valence-corrected chi connectivity index (χ2v) is 7.96. The Balaban J connectivity index is 1.49. The van der Waals surface area contributed by atoms with E-state index in [9.17, 15) is 9.59 Å². The lowest BCUT2D eigenvalue weighted by atomic mass is 9.77. The molecule has 0 aromatic carbocycles. The van der Waals surface area contributed by atoms with Gasteiger partial charge in [-0.1, -0.05) is 24.9 Å². The number of nitrogens with one attached hydrogen (secondary N) is 1. The lowest BCUT2D eigenvalue weighted by Crippen LogP contribution is -2.49. The van der Waals surface area contributed by atoms with Gasteiger partial charge in [0, 0.05) is 0 Å². The maximum Gasteiger partial charge on any atom is 0.325 e. The fourth-order valence-electron chi connectivity index (χ4n) is 4.30. The summed E-state index contributed by atoms with van der Waals surface area (Å²) in [6.07, 6.45) is 7.03. The van der Waals surface area contributed by atoms with E-state index in [2.05, 4.69) is 22.4 Å². The molecule has 0 unspecified atom stereocenters. The van der Waals surface area contributed by atoms with Crippen LogP contribution in [0.25, 0.3) is 0 Å². The molecule has 2 saturated carbocycles. The average Bonchev–Trinajstić information content (AvgIpc) is 3.28. The summed E-state index contributed by atoms with van der Waals surface area (Å²) in [6.45, 7) is 2.18. The van der Waals surface area contributed by atoms with Gasteiger partial charge in [0.15, 0.2) is 5.82 Å². The Morgan fingerprint density at radius 1 is 1.24 bits per heavy atom. The van der Waals surface area contributed by atoms with Gasteiger partial charge < -0.3 is 15.6 Å². The number of hydrogen-bond acceptors (Lipinski definition) is 6. The molecular weight excluding hydrogens is 322 g/mol. The van der Waals surface area contributed by atoms with Gasteiger partial charge in [-0.3, -0.25) is 9.69 Å². The normalized spacial score (nSPS) is 31.8. The number of nitrogens with two attached hydrogens (primary N) is 1. The molecule has 25 heavy (non-hydrogen) atoms. The summed E-state index contributed by atoms with van der Waals surface area (Å²) in [7, 11) is 0. The second kappa shape index (κ2) is 5.79. The van der Waals surface area contributed by atoms with Crippen LogP contribution in [-0.2, 0) is 16.9 Å². The minimum Gasteiger partial charge on any atom is -0.337 e. The largest absolute Gasteiger partial charge is 0.337 e. The number of urea groups is 1. The zero-order chi connectivity index (χ0) is 17.7. The molecule has 136 valence electrons. The van der Waals surface area contributed by atoms with Crippen molar-refractivity contribution >= 4 is 11.9 Å². The quantitative estimate of drug-likeness (QED) is 0.806. The molecule has 3 aliphatic rings. The van der Waals surface area contributed by atoms with Gasteiger partial charge in [0.25, 0.3) is 5.91 Å². The van der Waals surface area contributed by atoms with Crippen LogP contribution in [0.4, 0.5) is 4.79 Å². The molecule has 2 aliphatic carbocycles. The van der Waals surface area contributed by atoms with Gasteiger partial charge in [0.05, 0.1) is 5.54 Å². The molecule has 8 nitrogen and oxygen atoms in total. The average molecular weight is 347 g/mol. The Morgan fingerprint density at radius 2 is 1.92 bits per heavy atom. The van der Waals surface area contributed by atoms with Crippen molar-refractivity contribution in [1.82, 2.24) is 20.4 Å². The first-order valence-corrected chi connectivity index (χ1v) is 9.18. The molecule has 0 radical (unpaired) electrons. The number of carbonyl (C=O) groups is 2. The van der Waals surface area contributed by atoms with Crippen LogP contribution in [0, 0.1) is 5.92 Å². The highest BCUT2D eigenvalue weighted by molar-refractivity contribution is 6.06. The predicted octanol–water partition coefficient (Wildman–Crippen LogP) is 1.80. The Hall–Kier alpha value is -1.96. The van der Waals surface area contributed by atoms with Crippen molar-refractivity contribution in [3.05, 3.63) is 11.7 Å². The fourth-order valence-corrected chi connectivity index (χ4v) is 4.30. The first-order valence-electron chi connectivity index (χ1n) is 9.18. The minimum absolute atomic E-state index is 0.00501. The predicted molar refractivity (Wildman–Crippen MR) is 88.1 cm³/mol. The summed E-state index contributed by atoms with van der Waals surface area (Å²) in [4.78, 5) is 30.8. The van der Waals surface area contributed by atoms with Crippen LogP contribution >= 0.6 is 0 Å². The summed E-state index contributed by atoms with van der Waals surface area (Å²) in [5, 5.41) is 6.90. The molecule has 1 spiro atoms. The van der Waals surface area contributed by atoms with E-state index in [4.69, 9.17) is 10.3 Å². The topological polar surface area (TPSA) is 114 Å². The van der Waals surface area contributed by atoms with Crippen molar-refractivity contribution in [2.45, 2.75) is 75.9 Å². The molecular formula is C17H25N5O3. The summed E-state index contributed by atoms with van der Waals surface area (Å²) in [6, 6.07) is -0.373. The molecule has 8 heteroatoms. The smallest absolute Gasteiger partial charge is 0.325 e. The Morgan fingerprint density at radius 3 is 2.60 bits per heavy atom. The minimum atomic E-state index is -0.743. The van der Waals surface area contributed by atoms with Crippen LogP contribution < -0.4 is 11.1 Å². The number of carbonyl (C=O) groups excluding carboxylic acids is 2. The first kappa shape index (κ1) is 16.5. The van der Waals surface area contributed by atoms with E-state index in [0.717, 1.165) is 38.5 Å². The Kier molecular flexibility index (Phi) is 3.82. The van der Waals surface area contributed by atoms with Gasteiger partial charge >= 0.3 is 6.03 Å². The van der Waals surface area contributed by atoms with Gasteiger partial charge in [-0.25, -0.2) is 4.79 Å². The van der Waals surface area contributed by atoms with Crippen LogP contribution in [-0.4, -0.2) is 32.5 Å². The van der Waals surface area contributed by atoms with Crippen molar-refractivity contribution in [3.63, 3.8) is 0 Å². The Labute approximate surface area is 146 Å². The van der Waals surface area contributed by atoms with Gasteiger partial charge in [0.2, 0.25) is 5.89 Å². The molecule has 2 heterocycles.